The van der Waals surface area contributed by atoms with Crippen molar-refractivity contribution >= 4 is 12.1 Å². The fraction of sp³-hybridized carbons (Fsp3) is 0.429. The molecule has 0 spiro atoms. The van der Waals surface area contributed by atoms with Crippen LogP contribution < -0.4 is 0 Å². The van der Waals surface area contributed by atoms with Crippen LogP contribution in [0.1, 0.15) is 39.5 Å². The van der Waals surface area contributed by atoms with Crippen LogP contribution >= 0.6 is 0 Å². The molecule has 16 heavy (non-hydrogen) atoms. The molecule has 0 atom stereocenters. The second kappa shape index (κ2) is 6.21. The Kier molecular flexibility index (Phi) is 4.90. The van der Waals surface area contributed by atoms with Crippen LogP contribution in [0.25, 0.3) is 0 Å². The molecule has 2 heteroatoms. The summed E-state index contributed by atoms with van der Waals surface area (Å²) in [6, 6.07) is 0. The number of hydrogen-bond donors (Lipinski definition) is 0. The van der Waals surface area contributed by atoms with Gasteiger partial charge in [-0.1, -0.05) is 19.1 Å². The summed E-state index contributed by atoms with van der Waals surface area (Å²) >= 11 is 0. The highest BCUT2D eigenvalue weighted by molar-refractivity contribution is 5.97. The molecule has 0 aromatic rings. The van der Waals surface area contributed by atoms with E-state index in [1.54, 1.807) is 0 Å². The Labute approximate surface area is 96.7 Å². The predicted octanol–water partition coefficient (Wildman–Crippen LogP) is 3.15. The van der Waals surface area contributed by atoms with Gasteiger partial charge in [-0.2, -0.15) is 0 Å². The summed E-state index contributed by atoms with van der Waals surface area (Å²) in [5.74, 6) is 0.283. The zero-order valence-corrected chi connectivity index (χ0v) is 9.95. The van der Waals surface area contributed by atoms with Crippen LogP contribution in [0.2, 0.25) is 0 Å². The minimum Gasteiger partial charge on any atom is -0.299 e. The van der Waals surface area contributed by atoms with E-state index in [1.807, 2.05) is 26.0 Å². The second-order valence-electron chi connectivity index (χ2n) is 4.01. The van der Waals surface area contributed by atoms with E-state index in [0.29, 0.717) is 6.42 Å². The molecule has 0 saturated carbocycles. The first-order chi connectivity index (χ1) is 7.69. The molecule has 0 saturated heterocycles. The van der Waals surface area contributed by atoms with Gasteiger partial charge in [-0.3, -0.25) is 9.59 Å². The van der Waals surface area contributed by atoms with Crippen LogP contribution in [0.4, 0.5) is 0 Å². The molecule has 0 amide bonds. The number of Topliss-reactive ketones (excluding diaryl/α,β-unsaturated/α-hetero) is 1. The lowest BCUT2D eigenvalue weighted by atomic mass is 9.89. The summed E-state index contributed by atoms with van der Waals surface area (Å²) in [7, 11) is 0. The molecule has 1 aliphatic carbocycles. The average molecular weight is 218 g/mol. The Bertz CT molecular complexity index is 370. The maximum Gasteiger partial charge on any atom is 0.159 e. The summed E-state index contributed by atoms with van der Waals surface area (Å²) in [6.07, 6.45) is 9.58. The summed E-state index contributed by atoms with van der Waals surface area (Å²) < 4.78 is 0. The summed E-state index contributed by atoms with van der Waals surface area (Å²) in [5, 5.41) is 0. The summed E-state index contributed by atoms with van der Waals surface area (Å²) in [6.45, 7) is 3.89. The van der Waals surface area contributed by atoms with E-state index >= 15 is 0 Å². The number of allylic oxidation sites excluding steroid dienone is 6. The van der Waals surface area contributed by atoms with Crippen LogP contribution in [0.3, 0.4) is 0 Å². The molecular weight excluding hydrogens is 200 g/mol. The third-order valence-corrected chi connectivity index (χ3v) is 2.81. The molecule has 86 valence electrons. The maximum atomic E-state index is 11.6. The van der Waals surface area contributed by atoms with Crippen molar-refractivity contribution < 1.29 is 9.59 Å². The summed E-state index contributed by atoms with van der Waals surface area (Å²) in [4.78, 5) is 21.9. The van der Waals surface area contributed by atoms with E-state index in [-0.39, 0.29) is 5.78 Å². The Morgan fingerprint density at radius 2 is 2.12 bits per heavy atom. The second-order valence-corrected chi connectivity index (χ2v) is 4.01. The van der Waals surface area contributed by atoms with Gasteiger partial charge in [0.15, 0.2) is 5.78 Å². The highest BCUT2D eigenvalue weighted by Crippen LogP contribution is 2.25. The molecule has 2 nitrogen and oxygen atoms in total. The standard InChI is InChI=1S/C14H18O2/c1-3-13-12(5-4-6-14(13)16)8-7-11(2)9-10-15/h7-10H,3-6H2,1-2H3/b8-7+,11-9+. The summed E-state index contributed by atoms with van der Waals surface area (Å²) in [5.41, 5.74) is 3.01. The van der Waals surface area contributed by atoms with Gasteiger partial charge >= 0.3 is 0 Å². The zero-order chi connectivity index (χ0) is 12.0. The van der Waals surface area contributed by atoms with Crippen LogP contribution in [0.5, 0.6) is 0 Å². The van der Waals surface area contributed by atoms with Crippen molar-refractivity contribution in [3.8, 4) is 0 Å². The fourth-order valence-corrected chi connectivity index (χ4v) is 1.92. The molecule has 0 aliphatic heterocycles. The lowest BCUT2D eigenvalue weighted by Gasteiger charge is -2.15. The minimum atomic E-state index is 0.283. The smallest absolute Gasteiger partial charge is 0.159 e. The fourth-order valence-electron chi connectivity index (χ4n) is 1.92. The highest BCUT2D eigenvalue weighted by Gasteiger charge is 2.16. The van der Waals surface area contributed by atoms with Crippen LogP contribution in [-0.2, 0) is 9.59 Å². The molecule has 1 aliphatic rings. The molecule has 0 fully saturated rings. The molecule has 0 bridgehead atoms. The van der Waals surface area contributed by atoms with Gasteiger partial charge in [-0.15, -0.1) is 0 Å². The lowest BCUT2D eigenvalue weighted by Crippen LogP contribution is -2.10. The van der Waals surface area contributed by atoms with Gasteiger partial charge in [-0.25, -0.2) is 0 Å². The van der Waals surface area contributed by atoms with E-state index in [0.717, 1.165) is 42.3 Å². The van der Waals surface area contributed by atoms with Crippen LogP contribution in [-0.4, -0.2) is 12.1 Å². The average Bonchev–Trinajstić information content (AvgIpc) is 2.27. The molecular formula is C14H18O2. The Morgan fingerprint density at radius 1 is 1.38 bits per heavy atom. The normalized spacial score (nSPS) is 18.4. The van der Waals surface area contributed by atoms with Crippen molar-refractivity contribution in [3.63, 3.8) is 0 Å². The van der Waals surface area contributed by atoms with Gasteiger partial charge in [0.25, 0.3) is 0 Å². The molecule has 0 radical (unpaired) electrons. The van der Waals surface area contributed by atoms with Crippen molar-refractivity contribution in [2.24, 2.45) is 0 Å². The Morgan fingerprint density at radius 3 is 2.75 bits per heavy atom. The third kappa shape index (κ3) is 3.30. The number of aldehydes is 1. The van der Waals surface area contributed by atoms with E-state index in [1.165, 1.54) is 6.08 Å². The van der Waals surface area contributed by atoms with Crippen molar-refractivity contribution in [1.82, 2.24) is 0 Å². The number of carbonyl (C=O) groups excluding carboxylic acids is 2. The molecule has 0 heterocycles. The monoisotopic (exact) mass is 218 g/mol. The number of hydrogen-bond acceptors (Lipinski definition) is 2. The van der Waals surface area contributed by atoms with E-state index < -0.39 is 0 Å². The number of ketones is 1. The van der Waals surface area contributed by atoms with E-state index in [9.17, 15) is 9.59 Å². The first-order valence-electron chi connectivity index (χ1n) is 5.74. The predicted molar refractivity (Wildman–Crippen MR) is 65.1 cm³/mol. The number of rotatable bonds is 4. The van der Waals surface area contributed by atoms with Gasteiger partial charge in [0, 0.05) is 6.42 Å². The molecule has 0 unspecified atom stereocenters. The van der Waals surface area contributed by atoms with Gasteiger partial charge in [-0.05, 0) is 49.0 Å². The zero-order valence-electron chi connectivity index (χ0n) is 9.95. The minimum absolute atomic E-state index is 0.283. The Hall–Kier alpha value is -1.44. The van der Waals surface area contributed by atoms with Gasteiger partial charge in [0.2, 0.25) is 0 Å². The third-order valence-electron chi connectivity index (χ3n) is 2.81. The van der Waals surface area contributed by atoms with Crippen molar-refractivity contribution in [1.29, 1.82) is 0 Å². The number of carbonyl (C=O) groups is 2. The highest BCUT2D eigenvalue weighted by atomic mass is 16.1. The molecule has 0 N–H and O–H groups in total. The quantitative estimate of drug-likeness (QED) is 0.412. The maximum absolute atomic E-state index is 11.6. The first-order valence-corrected chi connectivity index (χ1v) is 5.74. The first kappa shape index (κ1) is 12.6. The topological polar surface area (TPSA) is 34.1 Å². The molecule has 1 rings (SSSR count). The molecule has 0 aromatic carbocycles. The SMILES string of the molecule is CCC1=C(/C=C/C(C)=C/C=O)CCCC1=O. The van der Waals surface area contributed by atoms with Crippen molar-refractivity contribution in [2.45, 2.75) is 39.5 Å². The van der Waals surface area contributed by atoms with Crippen molar-refractivity contribution in [2.75, 3.05) is 0 Å². The largest absolute Gasteiger partial charge is 0.299 e. The van der Waals surface area contributed by atoms with E-state index in [2.05, 4.69) is 0 Å². The van der Waals surface area contributed by atoms with Crippen molar-refractivity contribution in [3.05, 3.63) is 34.9 Å². The van der Waals surface area contributed by atoms with E-state index in [4.69, 9.17) is 0 Å². The van der Waals surface area contributed by atoms with Gasteiger partial charge in [0.05, 0.1) is 0 Å². The van der Waals surface area contributed by atoms with Gasteiger partial charge < -0.3 is 0 Å². The Balaban J connectivity index is 2.89. The van der Waals surface area contributed by atoms with Crippen LogP contribution in [0, 0.1) is 0 Å². The van der Waals surface area contributed by atoms with Crippen LogP contribution in [0.15, 0.2) is 34.9 Å². The lowest BCUT2D eigenvalue weighted by molar-refractivity contribution is -0.116. The molecule has 0 aromatic heterocycles. The van der Waals surface area contributed by atoms with Gasteiger partial charge in [0.1, 0.15) is 6.29 Å².